The highest BCUT2D eigenvalue weighted by Gasteiger charge is 2.15. The maximum atomic E-state index is 8.99. The van der Waals surface area contributed by atoms with Crippen molar-refractivity contribution in [1.29, 1.82) is 0 Å². The maximum Gasteiger partial charge on any atom is 0.451 e. The van der Waals surface area contributed by atoms with Crippen molar-refractivity contribution in [2.75, 3.05) is 0 Å². The van der Waals surface area contributed by atoms with Crippen molar-refractivity contribution in [3.63, 3.8) is 0 Å². The zero-order valence-electron chi connectivity index (χ0n) is 12.2. The molecule has 2 aromatic carbocycles. The first kappa shape index (κ1) is 14.2. The third kappa shape index (κ3) is 2.69. The van der Waals surface area contributed by atoms with Crippen molar-refractivity contribution < 1.29 is 10.0 Å². The smallest absolute Gasteiger partial charge is 0.427 e. The Morgan fingerprint density at radius 2 is 1.48 bits per heavy atom. The molecule has 2 N–H and O–H groups in total. The molecule has 1 unspecified atom stereocenters. The van der Waals surface area contributed by atoms with Gasteiger partial charge in [0.2, 0.25) is 0 Å². The van der Waals surface area contributed by atoms with Gasteiger partial charge in [-0.1, -0.05) is 42.8 Å². The van der Waals surface area contributed by atoms with Gasteiger partial charge < -0.3 is 14.6 Å². The zero-order chi connectivity index (χ0) is 14.8. The lowest BCUT2D eigenvalue weighted by molar-refractivity contribution is 0.398. The highest BCUT2D eigenvalue weighted by molar-refractivity contribution is 6.40. The van der Waals surface area contributed by atoms with Gasteiger partial charge in [0.25, 0.3) is 0 Å². The number of hydrogen-bond acceptors (Lipinski definition) is 2. The fourth-order valence-corrected chi connectivity index (χ4v) is 3.15. The van der Waals surface area contributed by atoms with Gasteiger partial charge in [0.1, 0.15) is 0 Å². The molecule has 0 aliphatic carbocycles. The van der Waals surface area contributed by atoms with Crippen LogP contribution in [0.3, 0.4) is 0 Å². The van der Waals surface area contributed by atoms with Crippen LogP contribution in [-0.2, 0) is 0 Å². The Hall–Kier alpha value is -1.78. The standard InChI is InChI=1S/C17H20BNO2/c1-13(7-6-12-18(20)21)19-16-10-4-2-8-14(16)15-9-3-5-11-17(15)19/h2-5,8-11,13,20-21H,6-7,12H2,1H3. The number of rotatable bonds is 5. The average Bonchev–Trinajstić information content (AvgIpc) is 2.81. The van der Waals surface area contributed by atoms with E-state index in [1.165, 1.54) is 21.8 Å². The first-order valence-corrected chi connectivity index (χ1v) is 7.52. The Morgan fingerprint density at radius 3 is 2.00 bits per heavy atom. The van der Waals surface area contributed by atoms with E-state index in [0.29, 0.717) is 12.4 Å². The van der Waals surface area contributed by atoms with Gasteiger partial charge in [-0.2, -0.15) is 0 Å². The summed E-state index contributed by atoms with van der Waals surface area (Å²) >= 11 is 0. The summed E-state index contributed by atoms with van der Waals surface area (Å²) in [7, 11) is -1.20. The van der Waals surface area contributed by atoms with Crippen LogP contribution in [0, 0.1) is 0 Å². The van der Waals surface area contributed by atoms with E-state index >= 15 is 0 Å². The number of fused-ring (bicyclic) bond motifs is 3. The van der Waals surface area contributed by atoms with Crippen molar-refractivity contribution in [3.8, 4) is 0 Å². The lowest BCUT2D eigenvalue weighted by Gasteiger charge is -2.16. The van der Waals surface area contributed by atoms with Gasteiger partial charge in [-0.3, -0.25) is 0 Å². The molecular formula is C17H20BNO2. The molecule has 3 aromatic rings. The molecule has 1 atom stereocenters. The molecule has 0 aliphatic heterocycles. The first-order chi connectivity index (χ1) is 10.2. The van der Waals surface area contributed by atoms with Gasteiger partial charge in [-0.25, -0.2) is 0 Å². The number of aromatic nitrogens is 1. The first-order valence-electron chi connectivity index (χ1n) is 7.52. The molecule has 108 valence electrons. The second kappa shape index (κ2) is 5.92. The lowest BCUT2D eigenvalue weighted by Crippen LogP contribution is -2.11. The van der Waals surface area contributed by atoms with Crippen LogP contribution in [-0.4, -0.2) is 21.7 Å². The zero-order valence-corrected chi connectivity index (χ0v) is 12.2. The normalized spacial score (nSPS) is 12.9. The molecule has 0 saturated carbocycles. The van der Waals surface area contributed by atoms with Crippen LogP contribution in [0.4, 0.5) is 0 Å². The molecule has 0 aliphatic rings. The molecule has 0 fully saturated rings. The molecule has 1 aromatic heterocycles. The molecule has 4 heteroatoms. The summed E-state index contributed by atoms with van der Waals surface area (Å²) in [5.74, 6) is 0. The van der Waals surface area contributed by atoms with Crippen LogP contribution in [0.5, 0.6) is 0 Å². The van der Waals surface area contributed by atoms with Crippen molar-refractivity contribution in [3.05, 3.63) is 48.5 Å². The molecule has 1 heterocycles. The topological polar surface area (TPSA) is 45.4 Å². The Labute approximate surface area is 125 Å². The molecule has 0 radical (unpaired) electrons. The summed E-state index contributed by atoms with van der Waals surface area (Å²) in [5, 5.41) is 20.5. The molecule has 0 amide bonds. The summed E-state index contributed by atoms with van der Waals surface area (Å²) in [6.45, 7) is 2.20. The average molecular weight is 281 g/mol. The van der Waals surface area contributed by atoms with Gasteiger partial charge in [0.05, 0.1) is 0 Å². The molecule has 3 rings (SSSR count). The fourth-order valence-electron chi connectivity index (χ4n) is 3.15. The minimum atomic E-state index is -1.20. The highest BCUT2D eigenvalue weighted by Crippen LogP contribution is 2.33. The van der Waals surface area contributed by atoms with Crippen LogP contribution in [0.2, 0.25) is 6.32 Å². The second-order valence-corrected chi connectivity index (χ2v) is 5.66. The molecule has 0 bridgehead atoms. The summed E-state index contributed by atoms with van der Waals surface area (Å²) < 4.78 is 2.37. The highest BCUT2D eigenvalue weighted by atomic mass is 16.4. The summed E-state index contributed by atoms with van der Waals surface area (Å²) in [5.41, 5.74) is 2.49. The molecular weight excluding hydrogens is 261 g/mol. The minimum Gasteiger partial charge on any atom is -0.427 e. The van der Waals surface area contributed by atoms with Crippen molar-refractivity contribution in [2.45, 2.75) is 32.1 Å². The van der Waals surface area contributed by atoms with Gasteiger partial charge >= 0.3 is 7.12 Å². The number of nitrogens with zero attached hydrogens (tertiary/aromatic N) is 1. The largest absolute Gasteiger partial charge is 0.451 e. The number of para-hydroxylation sites is 2. The lowest BCUT2D eigenvalue weighted by atomic mass is 9.83. The second-order valence-electron chi connectivity index (χ2n) is 5.66. The van der Waals surface area contributed by atoms with Crippen molar-refractivity contribution in [1.82, 2.24) is 4.57 Å². The maximum absolute atomic E-state index is 8.99. The van der Waals surface area contributed by atoms with Gasteiger partial charge in [-0.15, -0.1) is 0 Å². The van der Waals surface area contributed by atoms with E-state index in [2.05, 4.69) is 60.0 Å². The fraction of sp³-hybridized carbons (Fsp3) is 0.294. The van der Waals surface area contributed by atoms with Crippen molar-refractivity contribution >= 4 is 28.9 Å². The number of hydrogen-bond donors (Lipinski definition) is 2. The van der Waals surface area contributed by atoms with E-state index < -0.39 is 7.12 Å². The Kier molecular flexibility index (Phi) is 4.00. The monoisotopic (exact) mass is 281 g/mol. The summed E-state index contributed by atoms with van der Waals surface area (Å²) in [4.78, 5) is 0. The molecule has 3 nitrogen and oxygen atoms in total. The predicted octanol–water partition coefficient (Wildman–Crippen LogP) is 3.61. The van der Waals surface area contributed by atoms with Crippen LogP contribution in [0.25, 0.3) is 21.8 Å². The van der Waals surface area contributed by atoms with E-state index in [-0.39, 0.29) is 0 Å². The van der Waals surface area contributed by atoms with Crippen molar-refractivity contribution in [2.24, 2.45) is 0 Å². The quantitative estimate of drug-likeness (QED) is 0.702. The van der Waals surface area contributed by atoms with Gasteiger partial charge in [0, 0.05) is 27.8 Å². The third-order valence-corrected chi connectivity index (χ3v) is 4.14. The van der Waals surface area contributed by atoms with E-state index in [1.54, 1.807) is 0 Å². The molecule has 0 spiro atoms. The molecule has 0 saturated heterocycles. The Morgan fingerprint density at radius 1 is 0.952 bits per heavy atom. The Balaban J connectivity index is 2.03. The minimum absolute atomic E-state index is 0.327. The number of benzene rings is 2. The Bertz CT molecular complexity index is 697. The van der Waals surface area contributed by atoms with Crippen LogP contribution in [0.1, 0.15) is 25.8 Å². The van der Waals surface area contributed by atoms with Gasteiger partial charge in [0.15, 0.2) is 0 Å². The van der Waals surface area contributed by atoms with E-state index in [4.69, 9.17) is 10.0 Å². The van der Waals surface area contributed by atoms with Crippen LogP contribution in [0.15, 0.2) is 48.5 Å². The van der Waals surface area contributed by atoms with Crippen LogP contribution < -0.4 is 0 Å². The van der Waals surface area contributed by atoms with E-state index in [1.807, 2.05) is 0 Å². The summed E-state index contributed by atoms with van der Waals surface area (Å²) in [6.07, 6.45) is 2.17. The van der Waals surface area contributed by atoms with Gasteiger partial charge in [-0.05, 0) is 31.8 Å². The van der Waals surface area contributed by atoms with E-state index in [9.17, 15) is 0 Å². The molecule has 21 heavy (non-hydrogen) atoms. The SMILES string of the molecule is CC(CCCB(O)O)n1c2ccccc2c2ccccc21. The summed E-state index contributed by atoms with van der Waals surface area (Å²) in [6, 6.07) is 17.3. The predicted molar refractivity (Wildman–Crippen MR) is 88.4 cm³/mol. The van der Waals surface area contributed by atoms with E-state index in [0.717, 1.165) is 12.8 Å². The third-order valence-electron chi connectivity index (χ3n) is 4.14. The van der Waals surface area contributed by atoms with Crippen LogP contribution >= 0.6 is 0 Å².